The van der Waals surface area contributed by atoms with Gasteiger partial charge in [-0.1, -0.05) is 73.9 Å². The van der Waals surface area contributed by atoms with E-state index in [2.05, 4.69) is 91.4 Å². The Balaban J connectivity index is 1.35. The third kappa shape index (κ3) is 3.77. The monoisotopic (exact) mass is 380 g/mol. The molecule has 1 aromatic heterocycles. The van der Waals surface area contributed by atoms with Crippen LogP contribution in [0.4, 0.5) is 0 Å². The van der Waals surface area contributed by atoms with E-state index in [1.165, 1.54) is 22.3 Å². The van der Waals surface area contributed by atoms with E-state index in [9.17, 15) is 0 Å². The van der Waals surface area contributed by atoms with Crippen LogP contribution in [-0.2, 0) is 5.41 Å². The van der Waals surface area contributed by atoms with Gasteiger partial charge in [0.2, 0.25) is 0 Å². The zero-order valence-corrected chi connectivity index (χ0v) is 17.3. The van der Waals surface area contributed by atoms with Crippen molar-refractivity contribution in [1.29, 1.82) is 0 Å². The molecule has 0 saturated carbocycles. The highest BCUT2D eigenvalue weighted by molar-refractivity contribution is 7.10. The van der Waals surface area contributed by atoms with Crippen molar-refractivity contribution >= 4 is 11.3 Å². The number of rotatable bonds is 3. The van der Waals surface area contributed by atoms with Crippen LogP contribution in [0.2, 0.25) is 0 Å². The Morgan fingerprint density at radius 1 is 0.786 bits per heavy atom. The van der Waals surface area contributed by atoms with E-state index in [1.807, 2.05) is 6.07 Å². The maximum Gasteiger partial charge on any atom is 0.0768 e. The first-order valence-electron chi connectivity index (χ1n) is 9.92. The summed E-state index contributed by atoms with van der Waals surface area (Å²) in [6.45, 7) is 4.62. The van der Waals surface area contributed by atoms with Crippen LogP contribution in [0.1, 0.15) is 61.1 Å². The van der Waals surface area contributed by atoms with Crippen molar-refractivity contribution in [2.75, 3.05) is 0 Å². The van der Waals surface area contributed by atoms with Crippen LogP contribution >= 0.6 is 11.3 Å². The second kappa shape index (κ2) is 8.10. The van der Waals surface area contributed by atoms with E-state index in [0.717, 1.165) is 36.1 Å². The standard InChI is InChI=1S/C27H24S/c1-27(2)25-16-10-9-15-23(25)24-18-17-21(20-26(24)27)12-7-5-3-4-6-8-13-22-14-11-19-28-22/h9-11,14-20H,3-6H2,1-2H3. The molecule has 0 radical (unpaired) electrons. The van der Waals surface area contributed by atoms with Crippen LogP contribution in [0, 0.1) is 23.7 Å². The van der Waals surface area contributed by atoms with Gasteiger partial charge in [-0.05, 0) is 58.7 Å². The van der Waals surface area contributed by atoms with Crippen molar-refractivity contribution in [2.24, 2.45) is 0 Å². The average molecular weight is 381 g/mol. The number of hydrogen-bond donors (Lipinski definition) is 0. The lowest BCUT2D eigenvalue weighted by Crippen LogP contribution is -2.14. The normalized spacial score (nSPS) is 12.9. The molecule has 0 nitrogen and oxygen atoms in total. The van der Waals surface area contributed by atoms with Gasteiger partial charge >= 0.3 is 0 Å². The van der Waals surface area contributed by atoms with Crippen LogP contribution in [-0.4, -0.2) is 0 Å². The maximum atomic E-state index is 3.37. The van der Waals surface area contributed by atoms with Gasteiger partial charge in [-0.25, -0.2) is 0 Å². The lowest BCUT2D eigenvalue weighted by Gasteiger charge is -2.21. The summed E-state index contributed by atoms with van der Waals surface area (Å²) in [6, 6.07) is 19.6. The summed E-state index contributed by atoms with van der Waals surface area (Å²) in [5, 5.41) is 2.07. The number of fused-ring (bicyclic) bond motifs is 3. The smallest absolute Gasteiger partial charge is 0.0768 e. The third-order valence-electron chi connectivity index (χ3n) is 5.40. The Morgan fingerprint density at radius 3 is 2.32 bits per heavy atom. The van der Waals surface area contributed by atoms with Gasteiger partial charge in [0.15, 0.2) is 0 Å². The predicted molar refractivity (Wildman–Crippen MR) is 121 cm³/mol. The SMILES string of the molecule is CC1(C)c2ccccc2-c2ccc(C#CCCCCC#Cc3cccs3)cc21. The summed E-state index contributed by atoms with van der Waals surface area (Å²) in [5.41, 5.74) is 6.70. The van der Waals surface area contributed by atoms with Gasteiger partial charge in [0.1, 0.15) is 0 Å². The molecule has 0 N–H and O–H groups in total. The highest BCUT2D eigenvalue weighted by atomic mass is 32.1. The summed E-state index contributed by atoms with van der Waals surface area (Å²) < 4.78 is 0. The van der Waals surface area contributed by atoms with Gasteiger partial charge in [-0.2, -0.15) is 0 Å². The topological polar surface area (TPSA) is 0 Å². The minimum atomic E-state index is 0.0465. The van der Waals surface area contributed by atoms with E-state index in [-0.39, 0.29) is 5.41 Å². The predicted octanol–water partition coefficient (Wildman–Crippen LogP) is 7.02. The van der Waals surface area contributed by atoms with Gasteiger partial charge in [0.25, 0.3) is 0 Å². The maximum absolute atomic E-state index is 3.37. The second-order valence-corrected chi connectivity index (χ2v) is 8.67. The van der Waals surface area contributed by atoms with Crippen molar-refractivity contribution in [3.05, 3.63) is 81.5 Å². The third-order valence-corrected chi connectivity index (χ3v) is 6.19. The Kier molecular flexibility index (Phi) is 5.38. The minimum Gasteiger partial charge on any atom is -0.135 e. The van der Waals surface area contributed by atoms with Crippen molar-refractivity contribution in [3.63, 3.8) is 0 Å². The van der Waals surface area contributed by atoms with Crippen molar-refractivity contribution in [1.82, 2.24) is 0 Å². The molecule has 1 aliphatic rings. The highest BCUT2D eigenvalue weighted by Crippen LogP contribution is 2.48. The van der Waals surface area contributed by atoms with Crippen LogP contribution in [0.15, 0.2) is 60.0 Å². The largest absolute Gasteiger partial charge is 0.135 e. The molecule has 1 aliphatic carbocycles. The average Bonchev–Trinajstić information content (AvgIpc) is 3.30. The van der Waals surface area contributed by atoms with E-state index in [1.54, 1.807) is 11.3 Å². The van der Waals surface area contributed by atoms with Crippen LogP contribution in [0.3, 0.4) is 0 Å². The van der Waals surface area contributed by atoms with Gasteiger partial charge in [-0.15, -0.1) is 11.3 Å². The first kappa shape index (κ1) is 18.6. The summed E-state index contributed by atoms with van der Waals surface area (Å²) in [4.78, 5) is 1.15. The summed E-state index contributed by atoms with van der Waals surface area (Å²) >= 11 is 1.70. The summed E-state index contributed by atoms with van der Waals surface area (Å²) in [5.74, 6) is 13.2. The van der Waals surface area contributed by atoms with Crippen LogP contribution in [0.5, 0.6) is 0 Å². The second-order valence-electron chi connectivity index (χ2n) is 7.72. The van der Waals surface area contributed by atoms with Crippen molar-refractivity contribution in [3.8, 4) is 34.8 Å². The molecule has 3 aromatic rings. The van der Waals surface area contributed by atoms with E-state index < -0.39 is 0 Å². The molecule has 0 amide bonds. The number of hydrogen-bond acceptors (Lipinski definition) is 1. The fourth-order valence-electron chi connectivity index (χ4n) is 3.87. The Hall–Kier alpha value is -2.74. The molecule has 0 spiro atoms. The Morgan fingerprint density at radius 2 is 1.54 bits per heavy atom. The zero-order chi connectivity index (χ0) is 19.4. The first-order valence-corrected chi connectivity index (χ1v) is 10.8. The van der Waals surface area contributed by atoms with Gasteiger partial charge in [-0.3, -0.25) is 0 Å². The quantitative estimate of drug-likeness (QED) is 0.338. The lowest BCUT2D eigenvalue weighted by molar-refractivity contribution is 0.660. The van der Waals surface area contributed by atoms with E-state index in [0.29, 0.717) is 0 Å². The number of thiophene rings is 1. The van der Waals surface area contributed by atoms with Gasteiger partial charge < -0.3 is 0 Å². The zero-order valence-electron chi connectivity index (χ0n) is 16.5. The van der Waals surface area contributed by atoms with Gasteiger partial charge in [0.05, 0.1) is 4.88 Å². The Bertz CT molecular complexity index is 1090. The number of benzene rings is 2. The molecular formula is C27H24S. The molecule has 0 fully saturated rings. The molecule has 28 heavy (non-hydrogen) atoms. The van der Waals surface area contributed by atoms with Crippen molar-refractivity contribution < 1.29 is 0 Å². The van der Waals surface area contributed by atoms with Crippen LogP contribution in [0.25, 0.3) is 11.1 Å². The summed E-state index contributed by atoms with van der Waals surface area (Å²) in [6.07, 6.45) is 4.10. The summed E-state index contributed by atoms with van der Waals surface area (Å²) in [7, 11) is 0. The molecular weight excluding hydrogens is 356 g/mol. The van der Waals surface area contributed by atoms with Crippen molar-refractivity contribution in [2.45, 2.75) is 44.9 Å². The molecule has 4 rings (SSSR count). The highest BCUT2D eigenvalue weighted by Gasteiger charge is 2.34. The fourth-order valence-corrected chi connectivity index (χ4v) is 4.46. The first-order chi connectivity index (χ1) is 13.7. The molecule has 0 bridgehead atoms. The lowest BCUT2D eigenvalue weighted by atomic mass is 9.82. The molecule has 0 saturated heterocycles. The molecule has 138 valence electrons. The number of unbranched alkanes of at least 4 members (excludes halogenated alkanes) is 3. The molecule has 0 unspecified atom stereocenters. The molecule has 0 atom stereocenters. The Labute approximate surface area is 172 Å². The van der Waals surface area contributed by atoms with Gasteiger partial charge in [0, 0.05) is 23.8 Å². The molecule has 2 aromatic carbocycles. The fraction of sp³-hybridized carbons (Fsp3) is 0.259. The van der Waals surface area contributed by atoms with E-state index in [4.69, 9.17) is 0 Å². The molecule has 1 heteroatoms. The molecule has 0 aliphatic heterocycles. The molecule has 1 heterocycles. The van der Waals surface area contributed by atoms with Crippen LogP contribution < -0.4 is 0 Å². The van der Waals surface area contributed by atoms with E-state index >= 15 is 0 Å². The minimum absolute atomic E-state index is 0.0465.